The first-order valence-electron chi connectivity index (χ1n) is 2.34. The minimum atomic E-state index is -0.0247. The molecule has 0 amide bonds. The molecule has 2 nitrogen and oxygen atoms in total. The summed E-state index contributed by atoms with van der Waals surface area (Å²) in [4.78, 5) is 9.49. The van der Waals surface area contributed by atoms with E-state index in [1.54, 1.807) is 13.2 Å². The van der Waals surface area contributed by atoms with Gasteiger partial charge in [-0.1, -0.05) is 0 Å². The van der Waals surface area contributed by atoms with Crippen LogP contribution in [0.3, 0.4) is 0 Å². The summed E-state index contributed by atoms with van der Waals surface area (Å²) in [5, 5.41) is -0.0247. The summed E-state index contributed by atoms with van der Waals surface area (Å²) < 4.78 is 4.69. The van der Waals surface area contributed by atoms with Crippen LogP contribution in [-0.4, -0.2) is 24.9 Å². The first kappa shape index (κ1) is 7.92. The van der Waals surface area contributed by atoms with E-state index in [0.29, 0.717) is 6.61 Å². The zero-order valence-electron chi connectivity index (χ0n) is 4.69. The van der Waals surface area contributed by atoms with Gasteiger partial charge in [0.2, 0.25) is 6.29 Å². The van der Waals surface area contributed by atoms with Crippen LogP contribution in [0.4, 0.5) is 0 Å². The van der Waals surface area contributed by atoms with Crippen LogP contribution in [0.25, 0.3) is 0 Å². The highest BCUT2D eigenvalue weighted by Crippen LogP contribution is 1.91. The Morgan fingerprint density at radius 1 is 1.88 bits per heavy atom. The van der Waals surface area contributed by atoms with E-state index in [4.69, 9.17) is 11.6 Å². The number of hydrogen-bond acceptors (Lipinski definition) is 2. The van der Waals surface area contributed by atoms with E-state index in [0.717, 1.165) is 0 Å². The van der Waals surface area contributed by atoms with E-state index in [2.05, 4.69) is 4.74 Å². The van der Waals surface area contributed by atoms with E-state index in [1.165, 1.54) is 0 Å². The molecule has 1 radical (unpaired) electrons. The number of halogens is 1. The van der Waals surface area contributed by atoms with Crippen LogP contribution in [0.2, 0.25) is 0 Å². The highest BCUT2D eigenvalue weighted by molar-refractivity contribution is 6.20. The maximum atomic E-state index is 9.49. The van der Waals surface area contributed by atoms with E-state index >= 15 is 0 Å². The molecule has 1 unspecified atom stereocenters. The molecule has 0 aromatic rings. The second kappa shape index (κ2) is 5.06. The van der Waals surface area contributed by atoms with Gasteiger partial charge in [0.15, 0.2) is 0 Å². The lowest BCUT2D eigenvalue weighted by Crippen LogP contribution is -2.05. The Morgan fingerprint density at radius 3 is 2.88 bits per heavy atom. The normalized spacial score (nSPS) is 13.2. The Morgan fingerprint density at radius 2 is 2.50 bits per heavy atom. The summed E-state index contributed by atoms with van der Waals surface area (Å²) in [6.07, 6.45) is 1.59. The lowest BCUT2D eigenvalue weighted by Gasteiger charge is -1.98. The second-order valence-corrected chi connectivity index (χ2v) is 2.19. The quantitative estimate of drug-likeness (QED) is 0.420. The Balaban J connectivity index is 2.81. The van der Waals surface area contributed by atoms with Gasteiger partial charge < -0.3 is 4.74 Å². The SMILES string of the molecule is CC(Cl)COC[C]=O. The Bertz CT molecular complexity index is 63.4. The molecular formula is C5H8ClO2. The standard InChI is InChI=1S/C5H8ClO2/c1-5(6)4-8-3-2-7/h5H,3-4H2,1H3. The smallest absolute Gasteiger partial charge is 0.226 e. The van der Waals surface area contributed by atoms with Crippen LogP contribution in [0, 0.1) is 0 Å². The van der Waals surface area contributed by atoms with Gasteiger partial charge in [0.25, 0.3) is 0 Å². The molecule has 8 heavy (non-hydrogen) atoms. The van der Waals surface area contributed by atoms with Crippen LogP contribution >= 0.6 is 11.6 Å². The topological polar surface area (TPSA) is 26.3 Å². The molecule has 0 N–H and O–H groups in total. The first-order chi connectivity index (χ1) is 3.77. The summed E-state index contributed by atoms with van der Waals surface area (Å²) in [6, 6.07) is 0. The molecule has 0 fully saturated rings. The molecule has 0 saturated heterocycles. The van der Waals surface area contributed by atoms with Crippen molar-refractivity contribution < 1.29 is 9.53 Å². The zero-order chi connectivity index (χ0) is 6.41. The fraction of sp³-hybridized carbons (Fsp3) is 0.800. The fourth-order valence-corrected chi connectivity index (χ4v) is 0.352. The van der Waals surface area contributed by atoms with Crippen molar-refractivity contribution in [1.82, 2.24) is 0 Å². The molecule has 0 aromatic carbocycles. The molecule has 0 heterocycles. The third-order valence-corrected chi connectivity index (χ3v) is 0.634. The van der Waals surface area contributed by atoms with Crippen LogP contribution in [0.1, 0.15) is 6.92 Å². The van der Waals surface area contributed by atoms with Gasteiger partial charge in [-0.3, -0.25) is 4.79 Å². The van der Waals surface area contributed by atoms with Gasteiger partial charge in [-0.25, -0.2) is 0 Å². The van der Waals surface area contributed by atoms with Crippen molar-refractivity contribution in [3.8, 4) is 0 Å². The number of hydrogen-bond donors (Lipinski definition) is 0. The molecule has 47 valence electrons. The minimum absolute atomic E-state index is 0.0247. The van der Waals surface area contributed by atoms with Crippen molar-refractivity contribution in [2.24, 2.45) is 0 Å². The lowest BCUT2D eigenvalue weighted by atomic mass is 10.5. The molecule has 0 aliphatic rings. The Labute approximate surface area is 53.8 Å². The molecule has 0 saturated carbocycles. The Hall–Kier alpha value is -0.0800. The maximum Gasteiger partial charge on any atom is 0.226 e. The van der Waals surface area contributed by atoms with Gasteiger partial charge in [0.05, 0.1) is 12.0 Å². The number of rotatable bonds is 4. The molecule has 0 aromatic heterocycles. The van der Waals surface area contributed by atoms with Crippen molar-refractivity contribution in [2.45, 2.75) is 12.3 Å². The third kappa shape index (κ3) is 5.92. The van der Waals surface area contributed by atoms with Crippen LogP contribution in [-0.2, 0) is 9.53 Å². The van der Waals surface area contributed by atoms with E-state index in [9.17, 15) is 4.79 Å². The van der Waals surface area contributed by atoms with E-state index < -0.39 is 0 Å². The number of ether oxygens (including phenoxy) is 1. The average molecular weight is 136 g/mol. The van der Waals surface area contributed by atoms with Crippen LogP contribution < -0.4 is 0 Å². The van der Waals surface area contributed by atoms with Crippen molar-refractivity contribution in [1.29, 1.82) is 0 Å². The number of carbonyl (C=O) groups excluding carboxylic acids is 1. The van der Waals surface area contributed by atoms with Gasteiger partial charge >= 0.3 is 0 Å². The van der Waals surface area contributed by atoms with Crippen molar-refractivity contribution >= 4 is 17.9 Å². The average Bonchev–Trinajstić information content (AvgIpc) is 1.66. The molecule has 0 aliphatic carbocycles. The number of alkyl halides is 1. The predicted molar refractivity (Wildman–Crippen MR) is 31.8 cm³/mol. The predicted octanol–water partition coefficient (Wildman–Crippen LogP) is 0.740. The lowest BCUT2D eigenvalue weighted by molar-refractivity contribution is 0.172. The third-order valence-electron chi connectivity index (χ3n) is 0.508. The van der Waals surface area contributed by atoms with Gasteiger partial charge in [-0.05, 0) is 6.92 Å². The first-order valence-corrected chi connectivity index (χ1v) is 2.78. The van der Waals surface area contributed by atoms with Crippen molar-refractivity contribution in [3.63, 3.8) is 0 Å². The molecular weight excluding hydrogens is 128 g/mol. The van der Waals surface area contributed by atoms with E-state index in [1.807, 2.05) is 0 Å². The highest BCUT2D eigenvalue weighted by atomic mass is 35.5. The highest BCUT2D eigenvalue weighted by Gasteiger charge is 1.93. The molecule has 3 heteroatoms. The summed E-state index contributed by atoms with van der Waals surface area (Å²) >= 11 is 5.46. The van der Waals surface area contributed by atoms with Gasteiger partial charge in [0, 0.05) is 0 Å². The van der Waals surface area contributed by atoms with Crippen molar-refractivity contribution in [3.05, 3.63) is 0 Å². The fourth-order valence-electron chi connectivity index (χ4n) is 0.263. The van der Waals surface area contributed by atoms with Gasteiger partial charge in [-0.15, -0.1) is 11.6 Å². The van der Waals surface area contributed by atoms with Crippen LogP contribution in [0.15, 0.2) is 0 Å². The summed E-state index contributed by atoms with van der Waals surface area (Å²) in [5.41, 5.74) is 0. The maximum absolute atomic E-state index is 9.49. The summed E-state index contributed by atoms with van der Waals surface area (Å²) in [6.45, 7) is 2.24. The van der Waals surface area contributed by atoms with Crippen molar-refractivity contribution in [2.75, 3.05) is 13.2 Å². The second-order valence-electron chi connectivity index (χ2n) is 1.44. The largest absolute Gasteiger partial charge is 0.372 e. The molecule has 0 spiro atoms. The minimum Gasteiger partial charge on any atom is -0.372 e. The van der Waals surface area contributed by atoms with Gasteiger partial charge in [0.1, 0.15) is 6.61 Å². The van der Waals surface area contributed by atoms with E-state index in [-0.39, 0.29) is 12.0 Å². The molecule has 1 atom stereocenters. The molecule has 0 rings (SSSR count). The zero-order valence-corrected chi connectivity index (χ0v) is 5.44. The monoisotopic (exact) mass is 135 g/mol. The molecule has 0 aliphatic heterocycles. The van der Waals surface area contributed by atoms with Crippen LogP contribution in [0.5, 0.6) is 0 Å². The van der Waals surface area contributed by atoms with Gasteiger partial charge in [-0.2, -0.15) is 0 Å². The summed E-state index contributed by atoms with van der Waals surface area (Å²) in [7, 11) is 0. The molecule has 0 bridgehead atoms. The summed E-state index contributed by atoms with van der Waals surface area (Å²) in [5.74, 6) is 0. The Kier molecular flexibility index (Phi) is 5.01.